The Hall–Kier alpha value is -0.470. The van der Waals surface area contributed by atoms with Crippen molar-refractivity contribution in [3.63, 3.8) is 0 Å². The maximum atomic E-state index is 3.47. The van der Waals surface area contributed by atoms with Crippen molar-refractivity contribution in [3.8, 4) is 0 Å². The first-order valence-corrected chi connectivity index (χ1v) is 6.80. The van der Waals surface area contributed by atoms with Gasteiger partial charge < -0.3 is 5.32 Å². The second-order valence-corrected chi connectivity index (χ2v) is 4.79. The van der Waals surface area contributed by atoms with Gasteiger partial charge in [-0.1, -0.05) is 38.0 Å². The Balaban J connectivity index is 1.93. The molecule has 0 spiro atoms. The molecule has 0 fully saturated rings. The van der Waals surface area contributed by atoms with Gasteiger partial charge >= 0.3 is 0 Å². The van der Waals surface area contributed by atoms with Crippen LogP contribution < -0.4 is 5.32 Å². The topological polar surface area (TPSA) is 12.0 Å². The molecule has 2 heteroatoms. The van der Waals surface area contributed by atoms with E-state index in [0.717, 1.165) is 12.3 Å². The Morgan fingerprint density at radius 2 is 1.87 bits per heavy atom. The molecule has 0 saturated carbocycles. The molecule has 0 aromatic heterocycles. The van der Waals surface area contributed by atoms with Crippen molar-refractivity contribution in [2.75, 3.05) is 18.8 Å². The van der Waals surface area contributed by atoms with Crippen LogP contribution in [0, 0.1) is 0 Å². The zero-order valence-electron chi connectivity index (χ0n) is 9.54. The summed E-state index contributed by atoms with van der Waals surface area (Å²) in [5, 5.41) is 3.47. The highest BCUT2D eigenvalue weighted by atomic mass is 32.2. The van der Waals surface area contributed by atoms with Crippen molar-refractivity contribution < 1.29 is 0 Å². The first-order chi connectivity index (χ1) is 7.43. The van der Waals surface area contributed by atoms with E-state index in [2.05, 4.69) is 42.6 Å². The Bertz CT molecular complexity index is 236. The molecule has 0 unspecified atom stereocenters. The number of thioether (sulfide) groups is 1. The Labute approximate surface area is 97.7 Å². The summed E-state index contributed by atoms with van der Waals surface area (Å²) in [6, 6.07) is 10.6. The van der Waals surface area contributed by atoms with E-state index in [9.17, 15) is 0 Å². The number of unbranched alkanes of at least 4 members (excludes halogenated alkanes) is 2. The van der Waals surface area contributed by atoms with Gasteiger partial charge in [-0.05, 0) is 25.1 Å². The Kier molecular flexibility index (Phi) is 7.40. The SMILES string of the molecule is CCCCCNCCSc1ccccc1. The van der Waals surface area contributed by atoms with Crippen LogP contribution in [0.5, 0.6) is 0 Å². The normalized spacial score (nSPS) is 10.5. The van der Waals surface area contributed by atoms with Gasteiger partial charge in [0.2, 0.25) is 0 Å². The summed E-state index contributed by atoms with van der Waals surface area (Å²) in [4.78, 5) is 1.37. The molecule has 0 aliphatic rings. The molecule has 84 valence electrons. The molecule has 0 radical (unpaired) electrons. The third kappa shape index (κ3) is 6.58. The fourth-order valence-corrected chi connectivity index (χ4v) is 2.21. The molecule has 0 atom stereocenters. The number of hydrogen-bond acceptors (Lipinski definition) is 2. The summed E-state index contributed by atoms with van der Waals surface area (Å²) in [6.07, 6.45) is 3.96. The minimum Gasteiger partial charge on any atom is -0.316 e. The molecular weight excluding hydrogens is 202 g/mol. The molecule has 1 rings (SSSR count). The van der Waals surface area contributed by atoms with E-state index < -0.39 is 0 Å². The van der Waals surface area contributed by atoms with Gasteiger partial charge in [0.25, 0.3) is 0 Å². The summed E-state index contributed by atoms with van der Waals surface area (Å²) in [6.45, 7) is 4.53. The van der Waals surface area contributed by atoms with Gasteiger partial charge in [-0.15, -0.1) is 11.8 Å². The number of benzene rings is 1. The van der Waals surface area contributed by atoms with Gasteiger partial charge in [-0.3, -0.25) is 0 Å². The Morgan fingerprint density at radius 3 is 2.60 bits per heavy atom. The lowest BCUT2D eigenvalue weighted by Crippen LogP contribution is -2.18. The summed E-state index contributed by atoms with van der Waals surface area (Å²) >= 11 is 1.92. The van der Waals surface area contributed by atoms with Gasteiger partial charge in [0.15, 0.2) is 0 Å². The first-order valence-electron chi connectivity index (χ1n) is 5.82. The lowest BCUT2D eigenvalue weighted by Gasteiger charge is -2.03. The highest BCUT2D eigenvalue weighted by molar-refractivity contribution is 7.99. The highest BCUT2D eigenvalue weighted by Gasteiger charge is 1.92. The lowest BCUT2D eigenvalue weighted by atomic mass is 10.2. The average Bonchev–Trinajstić information content (AvgIpc) is 2.29. The van der Waals surface area contributed by atoms with E-state index in [1.807, 2.05) is 11.8 Å². The molecule has 1 aromatic rings. The van der Waals surface area contributed by atoms with Crippen molar-refractivity contribution >= 4 is 11.8 Å². The maximum Gasteiger partial charge on any atom is 0.0106 e. The molecule has 0 heterocycles. The monoisotopic (exact) mass is 223 g/mol. The molecule has 0 aliphatic heterocycles. The second-order valence-electron chi connectivity index (χ2n) is 3.62. The number of hydrogen-bond donors (Lipinski definition) is 1. The third-order valence-corrected chi connectivity index (χ3v) is 3.26. The molecule has 15 heavy (non-hydrogen) atoms. The standard InChI is InChI=1S/C13H21NS/c1-2-3-7-10-14-11-12-15-13-8-5-4-6-9-13/h4-6,8-9,14H,2-3,7,10-12H2,1H3. The Morgan fingerprint density at radius 1 is 1.07 bits per heavy atom. The van der Waals surface area contributed by atoms with Crippen molar-refractivity contribution in [1.82, 2.24) is 5.32 Å². The second kappa shape index (κ2) is 8.81. The van der Waals surface area contributed by atoms with Crippen molar-refractivity contribution in [3.05, 3.63) is 30.3 Å². The molecule has 0 saturated heterocycles. The quantitative estimate of drug-likeness (QED) is 0.534. The summed E-state index contributed by atoms with van der Waals surface area (Å²) < 4.78 is 0. The molecular formula is C13H21NS. The van der Waals surface area contributed by atoms with E-state index in [-0.39, 0.29) is 0 Å². The zero-order chi connectivity index (χ0) is 10.8. The van der Waals surface area contributed by atoms with Crippen LogP contribution in [0.3, 0.4) is 0 Å². The lowest BCUT2D eigenvalue weighted by molar-refractivity contribution is 0.636. The molecule has 0 amide bonds. The van der Waals surface area contributed by atoms with Crippen LogP contribution in [0.1, 0.15) is 26.2 Å². The van der Waals surface area contributed by atoms with Crippen LogP contribution >= 0.6 is 11.8 Å². The van der Waals surface area contributed by atoms with Crippen LogP contribution in [0.25, 0.3) is 0 Å². The van der Waals surface area contributed by atoms with Gasteiger partial charge in [0.1, 0.15) is 0 Å². The van der Waals surface area contributed by atoms with Crippen LogP contribution in [-0.4, -0.2) is 18.8 Å². The first kappa shape index (κ1) is 12.6. The molecule has 0 aliphatic carbocycles. The minimum absolute atomic E-state index is 1.11. The van der Waals surface area contributed by atoms with E-state index in [1.54, 1.807) is 0 Å². The maximum absolute atomic E-state index is 3.47. The molecule has 1 N–H and O–H groups in total. The third-order valence-electron chi connectivity index (χ3n) is 2.25. The summed E-state index contributed by atoms with van der Waals surface area (Å²) in [5.41, 5.74) is 0. The van der Waals surface area contributed by atoms with Crippen LogP contribution in [-0.2, 0) is 0 Å². The van der Waals surface area contributed by atoms with E-state index in [1.165, 1.54) is 30.7 Å². The summed E-state index contributed by atoms with van der Waals surface area (Å²) in [7, 11) is 0. The highest BCUT2D eigenvalue weighted by Crippen LogP contribution is 2.15. The molecule has 1 aromatic carbocycles. The molecule has 1 nitrogen and oxygen atoms in total. The van der Waals surface area contributed by atoms with Crippen LogP contribution in [0.4, 0.5) is 0 Å². The average molecular weight is 223 g/mol. The predicted octanol–water partition coefficient (Wildman–Crippen LogP) is 3.56. The molecule has 0 bridgehead atoms. The van der Waals surface area contributed by atoms with Crippen molar-refractivity contribution in [1.29, 1.82) is 0 Å². The fourth-order valence-electron chi connectivity index (χ4n) is 1.38. The van der Waals surface area contributed by atoms with Crippen LogP contribution in [0.15, 0.2) is 35.2 Å². The zero-order valence-corrected chi connectivity index (χ0v) is 10.4. The van der Waals surface area contributed by atoms with Gasteiger partial charge in [0, 0.05) is 17.2 Å². The van der Waals surface area contributed by atoms with Gasteiger partial charge in [0.05, 0.1) is 0 Å². The largest absolute Gasteiger partial charge is 0.316 e. The number of nitrogens with one attached hydrogen (secondary N) is 1. The van der Waals surface area contributed by atoms with E-state index >= 15 is 0 Å². The smallest absolute Gasteiger partial charge is 0.0106 e. The number of rotatable bonds is 8. The minimum atomic E-state index is 1.11. The van der Waals surface area contributed by atoms with Gasteiger partial charge in [-0.2, -0.15) is 0 Å². The van der Waals surface area contributed by atoms with Crippen molar-refractivity contribution in [2.24, 2.45) is 0 Å². The van der Waals surface area contributed by atoms with Crippen LogP contribution in [0.2, 0.25) is 0 Å². The van der Waals surface area contributed by atoms with E-state index in [4.69, 9.17) is 0 Å². The van der Waals surface area contributed by atoms with Crippen molar-refractivity contribution in [2.45, 2.75) is 31.1 Å². The fraction of sp³-hybridized carbons (Fsp3) is 0.538. The predicted molar refractivity (Wildman–Crippen MR) is 69.6 cm³/mol. The van der Waals surface area contributed by atoms with Gasteiger partial charge in [-0.25, -0.2) is 0 Å². The summed E-state index contributed by atoms with van der Waals surface area (Å²) in [5.74, 6) is 1.16. The van der Waals surface area contributed by atoms with E-state index in [0.29, 0.717) is 0 Å².